The summed E-state index contributed by atoms with van der Waals surface area (Å²) in [4.78, 5) is 30.3. The molecule has 0 aliphatic rings. The summed E-state index contributed by atoms with van der Waals surface area (Å²) in [6.07, 6.45) is 16.0. The monoisotopic (exact) mass is 718 g/mol. The van der Waals surface area contributed by atoms with E-state index in [9.17, 15) is 28.4 Å². The van der Waals surface area contributed by atoms with E-state index in [2.05, 4.69) is 34.3 Å². The third kappa shape index (κ3) is 47.5. The minimum Gasteiger partial charge on any atom is -0.566 e. The van der Waals surface area contributed by atoms with Gasteiger partial charge in [-0.1, -0.05) is 97.8 Å². The van der Waals surface area contributed by atoms with Crippen LogP contribution in [0.4, 0.5) is 0 Å². The van der Waals surface area contributed by atoms with Crippen molar-refractivity contribution in [3.63, 3.8) is 0 Å². The van der Waals surface area contributed by atoms with Crippen molar-refractivity contribution in [2.24, 2.45) is 0 Å². The molecule has 13 heteroatoms. The Kier molecular flexibility index (Phi) is 43.5. The fourth-order valence-electron chi connectivity index (χ4n) is 3.17. The van der Waals surface area contributed by atoms with Crippen LogP contribution in [-0.2, 0) is 27.3 Å². The van der Waals surface area contributed by atoms with E-state index in [1.54, 1.807) is 20.8 Å². The quantitative estimate of drug-likeness (QED) is 0.0891. The van der Waals surface area contributed by atoms with Gasteiger partial charge in [0.1, 0.15) is 18.3 Å². The van der Waals surface area contributed by atoms with Crippen molar-refractivity contribution in [3.05, 3.63) is 0 Å². The van der Waals surface area contributed by atoms with Crippen LogP contribution in [-0.4, -0.2) is 18.3 Å². The van der Waals surface area contributed by atoms with Crippen molar-refractivity contribution in [3.8, 4) is 0 Å². The third-order valence-electron chi connectivity index (χ3n) is 5.19. The summed E-state index contributed by atoms with van der Waals surface area (Å²) in [7, 11) is -7.99. The van der Waals surface area contributed by atoms with Gasteiger partial charge in [-0.25, -0.2) is 0 Å². The molecule has 0 aliphatic carbocycles. The molecule has 0 aliphatic heterocycles. The summed E-state index contributed by atoms with van der Waals surface area (Å²) >= 11 is 0. The molecule has 0 amide bonds. The molecule has 0 N–H and O–H groups in total. The van der Waals surface area contributed by atoms with Crippen molar-refractivity contribution in [1.29, 1.82) is 0 Å². The predicted octanol–water partition coefficient (Wildman–Crippen LogP) is 7.14. The topological polar surface area (TPSA) is 148 Å². The molecule has 0 fully saturated rings. The van der Waals surface area contributed by atoms with Crippen LogP contribution in [0.25, 0.3) is 0 Å². The fourth-order valence-corrected chi connectivity index (χ4v) is 4.37. The SMILES string of the molecule is CCCCCCC(C)O[P+](=O)[O-].CCCCCCC(C)O[P+](=O)[O-].CCCCCCC(C)O[P+](=O)[O-].[Nd+3]. The Morgan fingerprint density at radius 1 is 0.486 bits per heavy atom. The second-order valence-electron chi connectivity index (χ2n) is 8.97. The van der Waals surface area contributed by atoms with Crippen LogP contribution in [0.1, 0.15) is 138 Å². The maximum Gasteiger partial charge on any atom is 3.00 e. The maximum atomic E-state index is 10.1. The smallest absolute Gasteiger partial charge is 0.566 e. The van der Waals surface area contributed by atoms with Gasteiger partial charge in [0.15, 0.2) is 0 Å². The first-order valence-corrected chi connectivity index (χ1v) is 16.7. The van der Waals surface area contributed by atoms with E-state index in [4.69, 9.17) is 0 Å². The third-order valence-corrected chi connectivity index (χ3v) is 6.79. The van der Waals surface area contributed by atoms with Crippen LogP contribution in [0, 0.1) is 40.8 Å². The van der Waals surface area contributed by atoms with Crippen LogP contribution in [0.2, 0.25) is 0 Å². The van der Waals surface area contributed by atoms with Gasteiger partial charge in [-0.15, -0.1) is 13.6 Å². The Balaban J connectivity index is -0.000000218. The number of rotatable bonds is 21. The van der Waals surface area contributed by atoms with Crippen LogP contribution < -0.4 is 14.7 Å². The summed E-state index contributed by atoms with van der Waals surface area (Å²) in [5.41, 5.74) is 0. The Morgan fingerprint density at radius 3 is 0.865 bits per heavy atom. The Morgan fingerprint density at radius 2 is 0.703 bits per heavy atom. The largest absolute Gasteiger partial charge is 3.00 e. The van der Waals surface area contributed by atoms with Crippen molar-refractivity contribution >= 4 is 24.8 Å². The average molecular weight is 721 g/mol. The first-order valence-electron chi connectivity index (χ1n) is 13.4. The summed E-state index contributed by atoms with van der Waals surface area (Å²) in [5, 5.41) is 0. The predicted molar refractivity (Wildman–Crippen MR) is 141 cm³/mol. The van der Waals surface area contributed by atoms with Crippen molar-refractivity contribution in [2.45, 2.75) is 156 Å². The minimum absolute atomic E-state index is 0. The van der Waals surface area contributed by atoms with Gasteiger partial charge in [0.05, 0.1) is 0 Å². The van der Waals surface area contributed by atoms with Crippen molar-refractivity contribution in [2.75, 3.05) is 0 Å². The molecule has 0 spiro atoms. The Hall–Kier alpha value is 1.41. The van der Waals surface area contributed by atoms with Crippen molar-refractivity contribution in [1.82, 2.24) is 0 Å². The number of hydrogen-bond donors (Lipinski definition) is 0. The molecule has 37 heavy (non-hydrogen) atoms. The first-order chi connectivity index (χ1) is 17.0. The molecular weight excluding hydrogens is 669 g/mol. The second-order valence-corrected chi connectivity index (χ2v) is 10.9. The van der Waals surface area contributed by atoms with Gasteiger partial charge < -0.3 is 14.7 Å². The molecule has 0 rings (SSSR count). The standard InChI is InChI=1S/3C8H17O3P.Nd/c3*1-3-4-5-6-7-8(2)11-12(9)10;/h3*8H,3-7H2,1-2H3;/q;;;+3. The summed E-state index contributed by atoms with van der Waals surface area (Å²) in [5.74, 6) is 0. The molecule has 0 saturated heterocycles. The van der Waals surface area contributed by atoms with Crippen LogP contribution in [0.5, 0.6) is 0 Å². The molecular formula is C24H51NdO9P3+3. The summed E-state index contributed by atoms with van der Waals surface area (Å²) in [6.45, 7) is 11.8. The van der Waals surface area contributed by atoms with E-state index >= 15 is 0 Å². The van der Waals surface area contributed by atoms with Crippen molar-refractivity contribution < 1.29 is 82.8 Å². The zero-order valence-electron chi connectivity index (χ0n) is 23.9. The Labute approximate surface area is 262 Å². The molecule has 0 saturated carbocycles. The molecule has 0 heterocycles. The summed E-state index contributed by atoms with van der Waals surface area (Å²) < 4.78 is 44.1. The minimum atomic E-state index is -2.66. The van der Waals surface area contributed by atoms with Crippen LogP contribution in [0.15, 0.2) is 0 Å². The fraction of sp³-hybridized carbons (Fsp3) is 1.00. The van der Waals surface area contributed by atoms with Gasteiger partial charge in [-0.3, -0.25) is 0 Å². The van der Waals surface area contributed by atoms with E-state index in [-0.39, 0.29) is 59.2 Å². The second kappa shape index (κ2) is 35.4. The molecule has 0 bridgehead atoms. The zero-order valence-corrected chi connectivity index (χ0v) is 29.7. The molecule has 1 radical (unpaired) electrons. The van der Waals surface area contributed by atoms with E-state index in [0.717, 1.165) is 38.5 Å². The van der Waals surface area contributed by atoms with Crippen LogP contribution >= 0.6 is 24.8 Å². The Bertz CT molecular complexity index is 460. The normalized spacial score (nSPS) is 14.0. The molecule has 217 valence electrons. The number of hydrogen-bond acceptors (Lipinski definition) is 9. The van der Waals surface area contributed by atoms with Gasteiger partial charge in [-0.2, -0.15) is 0 Å². The molecule has 6 unspecified atom stereocenters. The summed E-state index contributed by atoms with van der Waals surface area (Å²) in [6, 6.07) is 0. The van der Waals surface area contributed by atoms with Gasteiger partial charge in [-0.05, 0) is 53.7 Å². The van der Waals surface area contributed by atoms with E-state index < -0.39 is 24.8 Å². The van der Waals surface area contributed by atoms with E-state index in [1.165, 1.54) is 57.8 Å². The van der Waals surface area contributed by atoms with Crippen LogP contribution in [0.3, 0.4) is 0 Å². The van der Waals surface area contributed by atoms with Gasteiger partial charge in [0, 0.05) is 0 Å². The van der Waals surface area contributed by atoms with Gasteiger partial charge in [0.2, 0.25) is 0 Å². The number of unbranched alkanes of at least 4 members (excludes halogenated alkanes) is 9. The molecule has 0 aromatic rings. The van der Waals surface area contributed by atoms with E-state index in [0.29, 0.717) is 0 Å². The molecule has 6 atom stereocenters. The van der Waals surface area contributed by atoms with Gasteiger partial charge >= 0.3 is 65.6 Å². The maximum absolute atomic E-state index is 10.1. The average Bonchev–Trinajstić information content (AvgIpc) is 2.77. The molecule has 0 aromatic carbocycles. The zero-order chi connectivity index (χ0) is 28.2. The molecule has 9 nitrogen and oxygen atoms in total. The first kappa shape index (κ1) is 45.4. The van der Waals surface area contributed by atoms with Gasteiger partial charge in [0.25, 0.3) is 0 Å². The van der Waals surface area contributed by atoms with E-state index in [1.807, 2.05) is 0 Å². The molecule has 0 aromatic heterocycles.